The molecule has 7 nitrogen and oxygen atoms in total. The molecule has 3 rings (SSSR count). The van der Waals surface area contributed by atoms with E-state index in [1.807, 2.05) is 0 Å². The van der Waals surface area contributed by atoms with Crippen LogP contribution in [0.3, 0.4) is 0 Å². The summed E-state index contributed by atoms with van der Waals surface area (Å²) >= 11 is 0. The predicted octanol–water partition coefficient (Wildman–Crippen LogP) is 1.23. The molecule has 0 aliphatic rings. The SMILES string of the molecule is O=C(NCCc1cnccn1)c1cn(Cc2ccc(F)cc2)nn1. The molecule has 0 aliphatic carbocycles. The lowest BCUT2D eigenvalue weighted by Gasteiger charge is -2.02. The van der Waals surface area contributed by atoms with Crippen molar-refractivity contribution in [2.75, 3.05) is 6.54 Å². The van der Waals surface area contributed by atoms with Crippen molar-refractivity contribution in [3.63, 3.8) is 0 Å². The second-order valence-electron chi connectivity index (χ2n) is 5.13. The lowest BCUT2D eigenvalue weighted by molar-refractivity contribution is 0.0949. The van der Waals surface area contributed by atoms with Crippen molar-refractivity contribution in [2.45, 2.75) is 13.0 Å². The number of aromatic nitrogens is 5. The average Bonchev–Trinajstić information content (AvgIpc) is 3.06. The van der Waals surface area contributed by atoms with Crippen molar-refractivity contribution in [3.05, 3.63) is 71.8 Å². The van der Waals surface area contributed by atoms with Crippen LogP contribution in [0.1, 0.15) is 21.7 Å². The van der Waals surface area contributed by atoms with Gasteiger partial charge in [-0.3, -0.25) is 14.8 Å². The van der Waals surface area contributed by atoms with E-state index in [0.29, 0.717) is 19.5 Å². The summed E-state index contributed by atoms with van der Waals surface area (Å²) in [5, 5.41) is 10.5. The van der Waals surface area contributed by atoms with Crippen molar-refractivity contribution in [2.24, 2.45) is 0 Å². The molecule has 3 aromatic rings. The molecule has 0 aliphatic heterocycles. The van der Waals surface area contributed by atoms with Crippen molar-refractivity contribution in [1.29, 1.82) is 0 Å². The number of nitrogens with zero attached hydrogens (tertiary/aromatic N) is 5. The number of rotatable bonds is 6. The highest BCUT2D eigenvalue weighted by Gasteiger charge is 2.10. The van der Waals surface area contributed by atoms with Gasteiger partial charge < -0.3 is 5.32 Å². The van der Waals surface area contributed by atoms with Crippen molar-refractivity contribution in [1.82, 2.24) is 30.3 Å². The smallest absolute Gasteiger partial charge is 0.273 e. The summed E-state index contributed by atoms with van der Waals surface area (Å²) in [5.74, 6) is -0.593. The van der Waals surface area contributed by atoms with Gasteiger partial charge in [-0.05, 0) is 17.7 Å². The molecule has 0 fully saturated rings. The minimum absolute atomic E-state index is 0.233. The normalized spacial score (nSPS) is 10.5. The van der Waals surface area contributed by atoms with E-state index in [-0.39, 0.29) is 17.4 Å². The first kappa shape index (κ1) is 15.7. The summed E-state index contributed by atoms with van der Waals surface area (Å²) in [6.45, 7) is 0.850. The zero-order valence-electron chi connectivity index (χ0n) is 12.8. The van der Waals surface area contributed by atoms with Crippen LogP contribution in [0.2, 0.25) is 0 Å². The first-order chi connectivity index (χ1) is 11.7. The maximum Gasteiger partial charge on any atom is 0.273 e. The van der Waals surface area contributed by atoms with Gasteiger partial charge in [0.25, 0.3) is 5.91 Å². The molecule has 0 spiro atoms. The fraction of sp³-hybridized carbons (Fsp3) is 0.188. The number of nitrogens with one attached hydrogen (secondary N) is 1. The van der Waals surface area contributed by atoms with Crippen molar-refractivity contribution in [3.8, 4) is 0 Å². The number of benzene rings is 1. The molecule has 0 radical (unpaired) electrons. The number of hydrogen-bond acceptors (Lipinski definition) is 5. The van der Waals surface area contributed by atoms with Crippen LogP contribution in [-0.2, 0) is 13.0 Å². The quantitative estimate of drug-likeness (QED) is 0.736. The number of hydrogen-bond donors (Lipinski definition) is 1. The van der Waals surface area contributed by atoms with Crippen LogP contribution in [0.15, 0.2) is 49.1 Å². The molecule has 2 heterocycles. The van der Waals surface area contributed by atoms with E-state index >= 15 is 0 Å². The largest absolute Gasteiger partial charge is 0.350 e. The highest BCUT2D eigenvalue weighted by atomic mass is 19.1. The van der Waals surface area contributed by atoms with Crippen LogP contribution >= 0.6 is 0 Å². The molecule has 1 N–H and O–H groups in total. The van der Waals surface area contributed by atoms with E-state index < -0.39 is 0 Å². The predicted molar refractivity (Wildman–Crippen MR) is 83.6 cm³/mol. The maximum absolute atomic E-state index is 12.9. The second kappa shape index (κ2) is 7.40. The van der Waals surface area contributed by atoms with E-state index in [1.54, 1.807) is 36.9 Å². The highest BCUT2D eigenvalue weighted by molar-refractivity contribution is 5.91. The van der Waals surface area contributed by atoms with E-state index in [0.717, 1.165) is 11.3 Å². The molecule has 24 heavy (non-hydrogen) atoms. The molecule has 2 aromatic heterocycles. The van der Waals surface area contributed by atoms with Crippen molar-refractivity contribution >= 4 is 5.91 Å². The Morgan fingerprint density at radius 1 is 1.21 bits per heavy atom. The van der Waals surface area contributed by atoms with Gasteiger partial charge in [0.1, 0.15) is 5.82 Å². The zero-order chi connectivity index (χ0) is 16.8. The molecule has 0 saturated carbocycles. The van der Waals surface area contributed by atoms with Crippen molar-refractivity contribution < 1.29 is 9.18 Å². The fourth-order valence-corrected chi connectivity index (χ4v) is 2.11. The third kappa shape index (κ3) is 4.19. The Labute approximate surface area is 137 Å². The summed E-state index contributed by atoms with van der Waals surface area (Å²) < 4.78 is 14.4. The Hall–Kier alpha value is -3.16. The van der Waals surface area contributed by atoms with Gasteiger partial charge in [0.15, 0.2) is 5.69 Å². The fourth-order valence-electron chi connectivity index (χ4n) is 2.11. The van der Waals surface area contributed by atoms with Crippen LogP contribution < -0.4 is 5.32 Å². The molecule has 1 aromatic carbocycles. The topological polar surface area (TPSA) is 85.6 Å². The Kier molecular flexibility index (Phi) is 4.85. The van der Waals surface area contributed by atoms with E-state index in [9.17, 15) is 9.18 Å². The van der Waals surface area contributed by atoms with Gasteiger partial charge in [0.05, 0.1) is 18.4 Å². The molecule has 0 unspecified atom stereocenters. The van der Waals surface area contributed by atoms with Gasteiger partial charge in [-0.25, -0.2) is 9.07 Å². The molecular formula is C16H15FN6O. The number of amides is 1. The van der Waals surface area contributed by atoms with Gasteiger partial charge in [0, 0.05) is 31.6 Å². The summed E-state index contributed by atoms with van der Waals surface area (Å²) in [6.07, 6.45) is 7.01. The summed E-state index contributed by atoms with van der Waals surface area (Å²) in [5.41, 5.74) is 1.91. The highest BCUT2D eigenvalue weighted by Crippen LogP contribution is 2.05. The number of halogens is 1. The Balaban J connectivity index is 1.52. The van der Waals surface area contributed by atoms with E-state index in [4.69, 9.17) is 0 Å². The Morgan fingerprint density at radius 3 is 2.79 bits per heavy atom. The minimum Gasteiger partial charge on any atom is -0.350 e. The zero-order valence-corrected chi connectivity index (χ0v) is 12.8. The van der Waals surface area contributed by atoms with E-state index in [1.165, 1.54) is 16.8 Å². The van der Waals surface area contributed by atoms with Gasteiger partial charge in [-0.2, -0.15) is 0 Å². The summed E-state index contributed by atoms with van der Waals surface area (Å²) in [6, 6.07) is 6.09. The minimum atomic E-state index is -0.302. The Morgan fingerprint density at radius 2 is 2.04 bits per heavy atom. The molecule has 0 atom stereocenters. The van der Waals surface area contributed by atoms with Gasteiger partial charge in [-0.1, -0.05) is 17.3 Å². The number of carbonyl (C=O) groups is 1. The standard InChI is InChI=1S/C16H15FN6O/c17-13-3-1-12(2-4-13)10-23-11-15(21-22-23)16(24)20-6-5-14-9-18-7-8-19-14/h1-4,7-9,11H,5-6,10H2,(H,20,24). The van der Waals surface area contributed by atoms with Crippen LogP contribution in [0.25, 0.3) is 0 Å². The van der Waals surface area contributed by atoms with Crippen LogP contribution in [-0.4, -0.2) is 37.4 Å². The number of carbonyl (C=O) groups excluding carboxylic acids is 1. The lowest BCUT2D eigenvalue weighted by atomic mass is 10.2. The van der Waals surface area contributed by atoms with Gasteiger partial charge in [0.2, 0.25) is 0 Å². The third-order valence-electron chi connectivity index (χ3n) is 3.31. The molecule has 0 bridgehead atoms. The first-order valence-corrected chi connectivity index (χ1v) is 7.38. The van der Waals surface area contributed by atoms with Gasteiger partial charge in [-0.15, -0.1) is 5.10 Å². The van der Waals surface area contributed by atoms with E-state index in [2.05, 4.69) is 25.6 Å². The second-order valence-corrected chi connectivity index (χ2v) is 5.13. The molecule has 122 valence electrons. The van der Waals surface area contributed by atoms with Crippen LogP contribution in [0.5, 0.6) is 0 Å². The molecule has 0 saturated heterocycles. The van der Waals surface area contributed by atoms with Gasteiger partial charge >= 0.3 is 0 Å². The first-order valence-electron chi connectivity index (χ1n) is 7.38. The molecule has 1 amide bonds. The monoisotopic (exact) mass is 326 g/mol. The summed E-state index contributed by atoms with van der Waals surface area (Å²) in [4.78, 5) is 20.1. The molecule has 8 heteroatoms. The maximum atomic E-state index is 12.9. The lowest BCUT2D eigenvalue weighted by Crippen LogP contribution is -2.26. The molecular weight excluding hydrogens is 311 g/mol. The Bertz CT molecular complexity index is 803. The average molecular weight is 326 g/mol. The van der Waals surface area contributed by atoms with Crippen LogP contribution in [0, 0.1) is 5.82 Å². The summed E-state index contributed by atoms with van der Waals surface area (Å²) in [7, 11) is 0. The third-order valence-corrected chi connectivity index (χ3v) is 3.31. The van der Waals surface area contributed by atoms with Crippen LogP contribution in [0.4, 0.5) is 4.39 Å².